The summed E-state index contributed by atoms with van der Waals surface area (Å²) in [4.78, 5) is 37.0. The van der Waals surface area contributed by atoms with Gasteiger partial charge < -0.3 is 10.2 Å². The highest BCUT2D eigenvalue weighted by Gasteiger charge is 2.13. The average Bonchev–Trinajstić information content (AvgIpc) is 2.56. The third kappa shape index (κ3) is 5.28. The lowest BCUT2D eigenvalue weighted by molar-refractivity contribution is -0.117. The Labute approximate surface area is 147 Å². The Morgan fingerprint density at radius 2 is 1.68 bits per heavy atom. The summed E-state index contributed by atoms with van der Waals surface area (Å²) in [6, 6.07) is 14.4. The first-order valence-corrected chi connectivity index (χ1v) is 8.12. The summed E-state index contributed by atoms with van der Waals surface area (Å²) in [6.07, 6.45) is 0.164. The molecule has 2 aromatic rings. The number of benzene rings is 2. The van der Waals surface area contributed by atoms with Gasteiger partial charge in [-0.2, -0.15) is 0 Å². The molecule has 2 amide bonds. The molecule has 0 bridgehead atoms. The molecule has 0 aliphatic carbocycles. The molecule has 0 atom stereocenters. The van der Waals surface area contributed by atoms with E-state index in [-0.39, 0.29) is 30.6 Å². The topological polar surface area (TPSA) is 66.5 Å². The predicted molar refractivity (Wildman–Crippen MR) is 98.9 cm³/mol. The highest BCUT2D eigenvalue weighted by atomic mass is 16.2. The van der Waals surface area contributed by atoms with Gasteiger partial charge in [0.2, 0.25) is 11.8 Å². The molecule has 0 unspecified atom stereocenters. The number of carbonyl (C=O) groups excluding carboxylic acids is 3. The number of amides is 2. The Balaban J connectivity index is 1.99. The summed E-state index contributed by atoms with van der Waals surface area (Å²) in [7, 11) is 0. The van der Waals surface area contributed by atoms with Gasteiger partial charge in [0.15, 0.2) is 5.78 Å². The Morgan fingerprint density at radius 3 is 2.28 bits per heavy atom. The summed E-state index contributed by atoms with van der Waals surface area (Å²) in [5.74, 6) is -0.382. The van der Waals surface area contributed by atoms with E-state index in [0.717, 1.165) is 11.3 Å². The van der Waals surface area contributed by atoms with E-state index in [4.69, 9.17) is 0 Å². The molecule has 0 heterocycles. The van der Waals surface area contributed by atoms with Crippen molar-refractivity contribution in [2.24, 2.45) is 0 Å². The predicted octanol–water partition coefficient (Wildman–Crippen LogP) is 3.58. The minimum atomic E-state index is -0.209. The maximum Gasteiger partial charge on any atom is 0.226 e. The molecule has 25 heavy (non-hydrogen) atoms. The van der Waals surface area contributed by atoms with Crippen LogP contribution in [0.25, 0.3) is 0 Å². The van der Waals surface area contributed by atoms with Crippen LogP contribution < -0.4 is 10.2 Å². The molecule has 130 valence electrons. The first kappa shape index (κ1) is 18.4. The average molecular weight is 338 g/mol. The first-order chi connectivity index (χ1) is 11.9. The van der Waals surface area contributed by atoms with E-state index in [1.54, 1.807) is 29.2 Å². The van der Waals surface area contributed by atoms with E-state index < -0.39 is 0 Å². The number of nitrogens with zero attached hydrogens (tertiary/aromatic N) is 1. The fraction of sp³-hybridized carbons (Fsp3) is 0.250. The van der Waals surface area contributed by atoms with Crippen molar-refractivity contribution in [1.29, 1.82) is 0 Å². The smallest absolute Gasteiger partial charge is 0.226 e. The second-order valence-electron chi connectivity index (χ2n) is 5.94. The maximum absolute atomic E-state index is 12.2. The summed E-state index contributed by atoms with van der Waals surface area (Å²) in [6.45, 7) is 5.22. The van der Waals surface area contributed by atoms with Crippen molar-refractivity contribution in [2.45, 2.75) is 27.2 Å². The first-order valence-electron chi connectivity index (χ1n) is 8.12. The Kier molecular flexibility index (Phi) is 6.06. The maximum atomic E-state index is 12.2. The van der Waals surface area contributed by atoms with Crippen LogP contribution in [0.1, 0.15) is 36.2 Å². The molecule has 0 fully saturated rings. The number of carbonyl (C=O) groups is 3. The van der Waals surface area contributed by atoms with Gasteiger partial charge in [0.25, 0.3) is 0 Å². The largest absolute Gasteiger partial charge is 0.326 e. The summed E-state index contributed by atoms with van der Waals surface area (Å²) in [5.41, 5.74) is 2.99. The highest BCUT2D eigenvalue weighted by molar-refractivity contribution is 5.97. The zero-order valence-electron chi connectivity index (χ0n) is 14.7. The fourth-order valence-corrected chi connectivity index (χ4v) is 2.45. The molecule has 0 aromatic heterocycles. The molecule has 0 aliphatic heterocycles. The number of hydrogen-bond acceptors (Lipinski definition) is 3. The fourth-order valence-electron chi connectivity index (χ4n) is 2.45. The van der Waals surface area contributed by atoms with E-state index in [1.165, 1.54) is 13.8 Å². The molecule has 2 aromatic carbocycles. The van der Waals surface area contributed by atoms with Gasteiger partial charge >= 0.3 is 0 Å². The van der Waals surface area contributed by atoms with Crippen molar-refractivity contribution in [1.82, 2.24) is 0 Å². The molecule has 0 saturated carbocycles. The lowest BCUT2D eigenvalue weighted by atomic mass is 10.1. The molecule has 0 spiro atoms. The van der Waals surface area contributed by atoms with E-state index in [9.17, 15) is 14.4 Å². The van der Waals surface area contributed by atoms with Crippen LogP contribution in [0.5, 0.6) is 0 Å². The summed E-state index contributed by atoms with van der Waals surface area (Å²) < 4.78 is 0. The van der Waals surface area contributed by atoms with Gasteiger partial charge in [-0.05, 0) is 38.1 Å². The quantitative estimate of drug-likeness (QED) is 0.819. The SMILES string of the molecule is CC(=O)c1cccc(NC(=O)CCN(C(C)=O)c2ccc(C)cc2)c1. The van der Waals surface area contributed by atoms with Crippen LogP contribution in [0.4, 0.5) is 11.4 Å². The van der Waals surface area contributed by atoms with Gasteiger partial charge in [-0.1, -0.05) is 29.8 Å². The Bertz CT molecular complexity index is 782. The van der Waals surface area contributed by atoms with Crippen LogP contribution in [0.15, 0.2) is 48.5 Å². The van der Waals surface area contributed by atoms with E-state index >= 15 is 0 Å². The monoisotopic (exact) mass is 338 g/mol. The van der Waals surface area contributed by atoms with Gasteiger partial charge in [-0.25, -0.2) is 0 Å². The van der Waals surface area contributed by atoms with Gasteiger partial charge in [0.05, 0.1) is 0 Å². The second-order valence-corrected chi connectivity index (χ2v) is 5.94. The van der Waals surface area contributed by atoms with Gasteiger partial charge in [0, 0.05) is 36.8 Å². The molecule has 5 heteroatoms. The second kappa shape index (κ2) is 8.24. The van der Waals surface area contributed by atoms with Crippen molar-refractivity contribution in [3.05, 3.63) is 59.7 Å². The standard InChI is InChI=1S/C20H22N2O3/c1-14-7-9-19(10-8-14)22(16(3)24)12-11-20(25)21-18-6-4-5-17(13-18)15(2)23/h4-10,13H,11-12H2,1-3H3,(H,21,25). The lowest BCUT2D eigenvalue weighted by Gasteiger charge is -2.21. The van der Waals surface area contributed by atoms with Crippen LogP contribution >= 0.6 is 0 Å². The highest BCUT2D eigenvalue weighted by Crippen LogP contribution is 2.16. The van der Waals surface area contributed by atoms with Crippen molar-refractivity contribution in [2.75, 3.05) is 16.8 Å². The number of ketones is 1. The normalized spacial score (nSPS) is 10.2. The molecular weight excluding hydrogens is 316 g/mol. The minimum absolute atomic E-state index is 0.0572. The zero-order chi connectivity index (χ0) is 18.4. The molecule has 0 saturated heterocycles. The number of hydrogen-bond donors (Lipinski definition) is 1. The van der Waals surface area contributed by atoms with Gasteiger partial charge in [-0.3, -0.25) is 14.4 Å². The van der Waals surface area contributed by atoms with Crippen molar-refractivity contribution in [3.8, 4) is 0 Å². The Morgan fingerprint density at radius 1 is 1.00 bits per heavy atom. The Hall–Kier alpha value is -2.95. The third-order valence-corrected chi connectivity index (χ3v) is 3.84. The van der Waals surface area contributed by atoms with Crippen molar-refractivity contribution < 1.29 is 14.4 Å². The minimum Gasteiger partial charge on any atom is -0.326 e. The van der Waals surface area contributed by atoms with E-state index in [2.05, 4.69) is 5.32 Å². The van der Waals surface area contributed by atoms with E-state index in [1.807, 2.05) is 31.2 Å². The van der Waals surface area contributed by atoms with Crippen LogP contribution in [-0.2, 0) is 9.59 Å². The zero-order valence-corrected chi connectivity index (χ0v) is 14.7. The van der Waals surface area contributed by atoms with Crippen LogP contribution in [-0.4, -0.2) is 24.1 Å². The number of anilines is 2. The van der Waals surface area contributed by atoms with Gasteiger partial charge in [-0.15, -0.1) is 0 Å². The molecule has 2 rings (SSSR count). The summed E-state index contributed by atoms with van der Waals surface area (Å²) >= 11 is 0. The molecular formula is C20H22N2O3. The van der Waals surface area contributed by atoms with Crippen molar-refractivity contribution >= 4 is 29.0 Å². The molecule has 1 N–H and O–H groups in total. The third-order valence-electron chi connectivity index (χ3n) is 3.84. The molecule has 5 nitrogen and oxygen atoms in total. The lowest BCUT2D eigenvalue weighted by Crippen LogP contribution is -2.31. The number of nitrogens with one attached hydrogen (secondary N) is 1. The summed E-state index contributed by atoms with van der Waals surface area (Å²) in [5, 5.41) is 2.76. The number of aryl methyl sites for hydroxylation is 1. The van der Waals surface area contributed by atoms with Crippen LogP contribution in [0.3, 0.4) is 0 Å². The number of rotatable bonds is 6. The van der Waals surface area contributed by atoms with Crippen LogP contribution in [0, 0.1) is 6.92 Å². The van der Waals surface area contributed by atoms with Crippen LogP contribution in [0.2, 0.25) is 0 Å². The van der Waals surface area contributed by atoms with E-state index in [0.29, 0.717) is 11.3 Å². The molecule has 0 radical (unpaired) electrons. The molecule has 0 aliphatic rings. The van der Waals surface area contributed by atoms with Crippen molar-refractivity contribution in [3.63, 3.8) is 0 Å². The number of Topliss-reactive ketones (excluding diaryl/α,β-unsaturated/α-hetero) is 1. The van der Waals surface area contributed by atoms with Gasteiger partial charge in [0.1, 0.15) is 0 Å².